The zero-order valence-electron chi connectivity index (χ0n) is 10.6. The number of hydrogen-bond acceptors (Lipinski definition) is 6. The number of nitro groups is 1. The van der Waals surface area contributed by atoms with E-state index in [0.29, 0.717) is 5.82 Å². The molecule has 1 fully saturated rings. The average Bonchev–Trinajstić information content (AvgIpc) is 2.39. The van der Waals surface area contributed by atoms with E-state index in [9.17, 15) is 15.2 Å². The van der Waals surface area contributed by atoms with Gasteiger partial charge in [0.2, 0.25) is 5.82 Å². The van der Waals surface area contributed by atoms with Crippen LogP contribution in [0.5, 0.6) is 0 Å². The Kier molecular flexibility index (Phi) is 4.16. The third kappa shape index (κ3) is 3.11. The summed E-state index contributed by atoms with van der Waals surface area (Å²) < 4.78 is 0. The summed E-state index contributed by atoms with van der Waals surface area (Å²) >= 11 is 0. The summed E-state index contributed by atoms with van der Waals surface area (Å²) in [5, 5.41) is 23.2. The molecular weight excluding hydrogens is 248 g/mol. The Hall–Kier alpha value is -1.89. The highest BCUT2D eigenvalue weighted by atomic mass is 16.6. The van der Waals surface area contributed by atoms with Gasteiger partial charge in [0.1, 0.15) is 5.82 Å². The summed E-state index contributed by atoms with van der Waals surface area (Å²) in [6, 6.07) is 3.05. The first-order chi connectivity index (χ1) is 9.11. The highest BCUT2D eigenvalue weighted by Gasteiger charge is 2.25. The lowest BCUT2D eigenvalue weighted by atomic mass is 9.85. The summed E-state index contributed by atoms with van der Waals surface area (Å²) in [4.78, 5) is 14.1. The third-order valence-corrected chi connectivity index (χ3v) is 3.58. The minimum absolute atomic E-state index is 0.0913. The van der Waals surface area contributed by atoms with Crippen molar-refractivity contribution in [3.63, 3.8) is 0 Å². The van der Waals surface area contributed by atoms with Gasteiger partial charge in [0.15, 0.2) is 0 Å². The molecule has 0 spiro atoms. The smallest absolute Gasteiger partial charge is 0.311 e. The number of aliphatic hydroxyl groups is 1. The van der Waals surface area contributed by atoms with Crippen LogP contribution in [0, 0.1) is 16.0 Å². The van der Waals surface area contributed by atoms with Crippen LogP contribution in [0.4, 0.5) is 17.3 Å². The number of nitrogens with one attached hydrogen (secondary N) is 1. The number of rotatable bonds is 4. The van der Waals surface area contributed by atoms with Gasteiger partial charge in [0.05, 0.1) is 4.92 Å². The molecule has 1 aromatic heterocycles. The lowest BCUT2D eigenvalue weighted by molar-refractivity contribution is -0.384. The van der Waals surface area contributed by atoms with Crippen LogP contribution in [0.1, 0.15) is 25.7 Å². The standard InChI is InChI=1S/C12H18N4O3/c13-12-10(16(18)19)5-6-11(15-12)14-9-4-2-1-3-8(9)7-17/h5-6,8-9,17H,1-4,7H2,(H3,13,14,15). The van der Waals surface area contributed by atoms with Crippen molar-refractivity contribution in [3.05, 3.63) is 22.2 Å². The van der Waals surface area contributed by atoms with E-state index in [2.05, 4.69) is 10.3 Å². The second-order valence-corrected chi connectivity index (χ2v) is 4.84. The highest BCUT2D eigenvalue weighted by molar-refractivity contribution is 5.57. The molecule has 4 N–H and O–H groups in total. The molecule has 0 aliphatic heterocycles. The van der Waals surface area contributed by atoms with Crippen molar-refractivity contribution in [3.8, 4) is 0 Å². The van der Waals surface area contributed by atoms with Gasteiger partial charge >= 0.3 is 5.69 Å². The fourth-order valence-corrected chi connectivity index (χ4v) is 2.51. The van der Waals surface area contributed by atoms with Crippen LogP contribution < -0.4 is 11.1 Å². The van der Waals surface area contributed by atoms with Crippen molar-refractivity contribution in [1.29, 1.82) is 0 Å². The van der Waals surface area contributed by atoms with Crippen molar-refractivity contribution >= 4 is 17.3 Å². The molecule has 0 amide bonds. The highest BCUT2D eigenvalue weighted by Crippen LogP contribution is 2.28. The first-order valence-corrected chi connectivity index (χ1v) is 6.40. The topological polar surface area (TPSA) is 114 Å². The predicted molar refractivity (Wildman–Crippen MR) is 71.8 cm³/mol. The molecule has 7 heteroatoms. The summed E-state index contributed by atoms with van der Waals surface area (Å²) in [7, 11) is 0. The van der Waals surface area contributed by atoms with Gasteiger partial charge in [-0.25, -0.2) is 4.98 Å². The molecule has 1 aliphatic carbocycles. The summed E-state index contributed by atoms with van der Waals surface area (Å²) in [6.07, 6.45) is 4.18. The molecule has 19 heavy (non-hydrogen) atoms. The normalized spacial score (nSPS) is 23.0. The maximum absolute atomic E-state index is 10.7. The molecule has 2 atom stereocenters. The number of aliphatic hydroxyl groups excluding tert-OH is 1. The van der Waals surface area contributed by atoms with Crippen LogP contribution in [-0.2, 0) is 0 Å². The Morgan fingerprint density at radius 2 is 2.21 bits per heavy atom. The Bertz CT molecular complexity index is 466. The van der Waals surface area contributed by atoms with Crippen molar-refractivity contribution < 1.29 is 10.0 Å². The number of aromatic nitrogens is 1. The Morgan fingerprint density at radius 1 is 1.47 bits per heavy atom. The largest absolute Gasteiger partial charge is 0.396 e. The van der Waals surface area contributed by atoms with Gasteiger partial charge in [-0.3, -0.25) is 10.1 Å². The van der Waals surface area contributed by atoms with E-state index < -0.39 is 4.92 Å². The summed E-state index contributed by atoms with van der Waals surface area (Å²) in [5.74, 6) is 0.631. The maximum Gasteiger partial charge on any atom is 0.311 e. The van der Waals surface area contributed by atoms with Crippen LogP contribution in [0.3, 0.4) is 0 Å². The minimum Gasteiger partial charge on any atom is -0.396 e. The van der Waals surface area contributed by atoms with Crippen molar-refractivity contribution in [2.75, 3.05) is 17.7 Å². The van der Waals surface area contributed by atoms with Gasteiger partial charge in [-0.2, -0.15) is 0 Å². The quantitative estimate of drug-likeness (QED) is 0.562. The van der Waals surface area contributed by atoms with Crippen LogP contribution in [0.15, 0.2) is 12.1 Å². The number of nitrogens with two attached hydrogens (primary N) is 1. The molecule has 0 bridgehead atoms. The van der Waals surface area contributed by atoms with E-state index in [1.54, 1.807) is 6.07 Å². The van der Waals surface area contributed by atoms with Crippen LogP contribution in [-0.4, -0.2) is 27.7 Å². The molecule has 2 rings (SSSR count). The zero-order valence-corrected chi connectivity index (χ0v) is 10.6. The number of nitrogen functional groups attached to an aromatic ring is 1. The summed E-state index contributed by atoms with van der Waals surface area (Å²) in [6.45, 7) is 0.139. The molecule has 1 aromatic rings. The first-order valence-electron chi connectivity index (χ1n) is 6.40. The van der Waals surface area contributed by atoms with E-state index in [0.717, 1.165) is 25.7 Å². The summed E-state index contributed by atoms with van der Waals surface area (Å²) in [5.41, 5.74) is 5.37. The van der Waals surface area contributed by atoms with Crippen molar-refractivity contribution in [2.24, 2.45) is 5.92 Å². The number of hydrogen-bond donors (Lipinski definition) is 3. The molecule has 1 saturated carbocycles. The van der Waals surface area contributed by atoms with Gasteiger partial charge in [-0.05, 0) is 18.9 Å². The SMILES string of the molecule is Nc1nc(NC2CCCCC2CO)ccc1[N+](=O)[O-]. The molecule has 1 heterocycles. The molecule has 104 valence electrons. The second-order valence-electron chi connectivity index (χ2n) is 4.84. The third-order valence-electron chi connectivity index (χ3n) is 3.58. The van der Waals surface area contributed by atoms with Gasteiger partial charge in [0, 0.05) is 24.6 Å². The lowest BCUT2D eigenvalue weighted by Gasteiger charge is -2.31. The Balaban J connectivity index is 2.10. The molecule has 1 aliphatic rings. The molecular formula is C12H18N4O3. The van der Waals surface area contributed by atoms with Crippen LogP contribution >= 0.6 is 0 Å². The number of anilines is 2. The van der Waals surface area contributed by atoms with E-state index in [1.165, 1.54) is 6.07 Å². The minimum atomic E-state index is -0.552. The zero-order chi connectivity index (χ0) is 13.8. The fourth-order valence-electron chi connectivity index (χ4n) is 2.51. The molecule has 7 nitrogen and oxygen atoms in total. The monoisotopic (exact) mass is 266 g/mol. The first kappa shape index (κ1) is 13.5. The van der Waals surface area contributed by atoms with E-state index in [1.807, 2.05) is 0 Å². The van der Waals surface area contributed by atoms with Gasteiger partial charge in [-0.15, -0.1) is 0 Å². The lowest BCUT2D eigenvalue weighted by Crippen LogP contribution is -2.34. The maximum atomic E-state index is 10.7. The average molecular weight is 266 g/mol. The fraction of sp³-hybridized carbons (Fsp3) is 0.583. The van der Waals surface area contributed by atoms with Crippen LogP contribution in [0.2, 0.25) is 0 Å². The van der Waals surface area contributed by atoms with Crippen LogP contribution in [0.25, 0.3) is 0 Å². The molecule has 0 radical (unpaired) electrons. The Morgan fingerprint density at radius 3 is 2.84 bits per heavy atom. The van der Waals surface area contributed by atoms with Gasteiger partial charge in [-0.1, -0.05) is 12.8 Å². The second kappa shape index (κ2) is 5.83. The van der Waals surface area contributed by atoms with Gasteiger partial charge < -0.3 is 16.2 Å². The number of pyridine rings is 1. The molecule has 0 aromatic carbocycles. The van der Waals surface area contributed by atoms with Gasteiger partial charge in [0.25, 0.3) is 0 Å². The van der Waals surface area contributed by atoms with E-state index in [4.69, 9.17) is 5.73 Å². The van der Waals surface area contributed by atoms with Crippen molar-refractivity contribution in [1.82, 2.24) is 4.98 Å². The number of nitrogens with zero attached hydrogens (tertiary/aromatic N) is 2. The molecule has 2 unspecified atom stereocenters. The Labute approximate surface area is 111 Å². The molecule has 0 saturated heterocycles. The van der Waals surface area contributed by atoms with E-state index >= 15 is 0 Å². The van der Waals surface area contributed by atoms with Crippen molar-refractivity contribution in [2.45, 2.75) is 31.7 Å². The predicted octanol–water partition coefficient (Wildman–Crippen LogP) is 1.53. The van der Waals surface area contributed by atoms with E-state index in [-0.39, 0.29) is 30.1 Å².